The van der Waals surface area contributed by atoms with E-state index < -0.39 is 0 Å². The van der Waals surface area contributed by atoms with Crippen molar-refractivity contribution < 1.29 is 4.42 Å². The normalized spacial score (nSPS) is 11.0. The van der Waals surface area contributed by atoms with Crippen molar-refractivity contribution in [1.82, 2.24) is 14.8 Å². The van der Waals surface area contributed by atoms with Gasteiger partial charge in [-0.2, -0.15) is 0 Å². The van der Waals surface area contributed by atoms with Crippen molar-refractivity contribution in [3.8, 4) is 0 Å². The van der Waals surface area contributed by atoms with Gasteiger partial charge < -0.3 is 14.3 Å². The monoisotopic (exact) mass is 262 g/mol. The van der Waals surface area contributed by atoms with Gasteiger partial charge in [0.1, 0.15) is 0 Å². The molecule has 0 aliphatic rings. The molecule has 3 aromatic rings. The van der Waals surface area contributed by atoms with Crippen molar-refractivity contribution in [3.05, 3.63) is 33.8 Å². The second-order valence-electron chi connectivity index (χ2n) is 3.86. The summed E-state index contributed by atoms with van der Waals surface area (Å²) in [6.07, 6.45) is 0. The molecule has 0 atom stereocenters. The number of benzene rings is 1. The maximum atomic E-state index is 11.5. The zero-order valence-electron chi connectivity index (χ0n) is 9.80. The molecule has 0 bridgehead atoms. The first-order valence-corrected chi connectivity index (χ1v) is 6.12. The Balaban J connectivity index is 2.02. The smallest absolute Gasteiger partial charge is 0.320 e. The first-order chi connectivity index (χ1) is 8.63. The Morgan fingerprint density at radius 3 is 2.94 bits per heavy atom. The molecule has 0 aliphatic carbocycles. The largest absolute Gasteiger partial charge is 0.408 e. The maximum absolute atomic E-state index is 11.5. The van der Waals surface area contributed by atoms with E-state index in [9.17, 15) is 4.79 Å². The van der Waals surface area contributed by atoms with Crippen LogP contribution in [0.2, 0.25) is 0 Å². The van der Waals surface area contributed by atoms with Crippen LogP contribution < -0.4 is 10.2 Å². The van der Waals surface area contributed by atoms with Crippen LogP contribution in [0.3, 0.4) is 0 Å². The molecular weight excluding hydrogens is 252 g/mol. The van der Waals surface area contributed by atoms with E-state index in [0.717, 1.165) is 15.9 Å². The summed E-state index contributed by atoms with van der Waals surface area (Å²) in [6, 6.07) is 5.99. The van der Waals surface area contributed by atoms with Crippen molar-refractivity contribution in [1.29, 1.82) is 0 Å². The molecule has 0 spiro atoms. The molecule has 0 fully saturated rings. The zero-order chi connectivity index (χ0) is 12.7. The van der Waals surface area contributed by atoms with Gasteiger partial charge in [-0.1, -0.05) is 16.4 Å². The first kappa shape index (κ1) is 11.0. The number of thiazole rings is 1. The Hall–Kier alpha value is -2.15. The van der Waals surface area contributed by atoms with Crippen LogP contribution in [0.1, 0.15) is 5.89 Å². The number of hydrogen-bond donors (Lipinski definition) is 1. The summed E-state index contributed by atoms with van der Waals surface area (Å²) in [6.45, 7) is 1.73. The van der Waals surface area contributed by atoms with Crippen LogP contribution in [0.4, 0.5) is 11.7 Å². The molecule has 0 amide bonds. The van der Waals surface area contributed by atoms with Gasteiger partial charge in [-0.05, 0) is 18.2 Å². The number of rotatable bonds is 2. The van der Waals surface area contributed by atoms with Crippen molar-refractivity contribution in [2.24, 2.45) is 7.05 Å². The summed E-state index contributed by atoms with van der Waals surface area (Å²) in [5.74, 6) is 0.501. The third-order valence-corrected chi connectivity index (χ3v) is 3.58. The SMILES string of the molecule is Cc1nnc(Nc2ccc3sc(=O)n(C)c3c2)o1. The lowest BCUT2D eigenvalue weighted by Crippen LogP contribution is -2.06. The predicted octanol–water partition coefficient (Wildman–Crippen LogP) is 2.04. The molecule has 0 saturated carbocycles. The van der Waals surface area contributed by atoms with Crippen LogP contribution in [0.25, 0.3) is 10.2 Å². The fraction of sp³-hybridized carbons (Fsp3) is 0.182. The average Bonchev–Trinajstić information content (AvgIpc) is 2.86. The van der Waals surface area contributed by atoms with Gasteiger partial charge in [0.2, 0.25) is 5.89 Å². The van der Waals surface area contributed by atoms with E-state index in [0.29, 0.717) is 11.9 Å². The predicted molar refractivity (Wildman–Crippen MR) is 69.4 cm³/mol. The minimum atomic E-state index is 0.0239. The second-order valence-corrected chi connectivity index (χ2v) is 4.85. The van der Waals surface area contributed by atoms with Crippen LogP contribution in [0.15, 0.2) is 27.4 Å². The molecule has 0 radical (unpaired) electrons. The minimum Gasteiger partial charge on any atom is -0.408 e. The lowest BCUT2D eigenvalue weighted by Gasteiger charge is -2.01. The van der Waals surface area contributed by atoms with E-state index in [2.05, 4.69) is 15.5 Å². The van der Waals surface area contributed by atoms with Crippen LogP contribution in [-0.4, -0.2) is 14.8 Å². The molecule has 0 unspecified atom stereocenters. The van der Waals surface area contributed by atoms with Gasteiger partial charge in [-0.25, -0.2) is 0 Å². The van der Waals surface area contributed by atoms with Crippen LogP contribution >= 0.6 is 11.3 Å². The molecule has 2 heterocycles. The standard InChI is InChI=1S/C11H10N4O2S/c1-6-13-14-10(17-6)12-7-3-4-9-8(5-7)15(2)11(16)18-9/h3-5H,1-2H3,(H,12,14). The van der Waals surface area contributed by atoms with Crippen LogP contribution in [0.5, 0.6) is 0 Å². The molecule has 1 aromatic carbocycles. The van der Waals surface area contributed by atoms with Crippen molar-refractivity contribution >= 4 is 33.3 Å². The van der Waals surface area contributed by atoms with Gasteiger partial charge >= 0.3 is 10.9 Å². The summed E-state index contributed by atoms with van der Waals surface area (Å²) in [4.78, 5) is 11.6. The molecule has 92 valence electrons. The number of aryl methyl sites for hydroxylation is 2. The van der Waals surface area contributed by atoms with Gasteiger partial charge in [0, 0.05) is 19.7 Å². The number of nitrogens with one attached hydrogen (secondary N) is 1. The summed E-state index contributed by atoms with van der Waals surface area (Å²) < 4.78 is 7.80. The highest BCUT2D eigenvalue weighted by atomic mass is 32.1. The molecule has 6 nitrogen and oxygen atoms in total. The molecule has 0 aliphatic heterocycles. The Kier molecular flexibility index (Phi) is 2.41. The summed E-state index contributed by atoms with van der Waals surface area (Å²) in [5.41, 5.74) is 1.69. The lowest BCUT2D eigenvalue weighted by atomic mass is 10.3. The van der Waals surface area contributed by atoms with E-state index in [-0.39, 0.29) is 4.87 Å². The number of aromatic nitrogens is 3. The molecule has 3 rings (SSSR count). The van der Waals surface area contributed by atoms with Crippen LogP contribution in [-0.2, 0) is 7.05 Å². The highest BCUT2D eigenvalue weighted by Crippen LogP contribution is 2.23. The molecule has 7 heteroatoms. The fourth-order valence-corrected chi connectivity index (χ4v) is 2.53. The molecular formula is C11H10N4O2S. The van der Waals surface area contributed by atoms with Crippen LogP contribution in [0, 0.1) is 6.92 Å². The third kappa shape index (κ3) is 1.78. The van der Waals surface area contributed by atoms with E-state index >= 15 is 0 Å². The fourth-order valence-electron chi connectivity index (χ4n) is 1.67. The van der Waals surface area contributed by atoms with Gasteiger partial charge in [-0.3, -0.25) is 4.79 Å². The number of nitrogens with zero attached hydrogens (tertiary/aromatic N) is 3. The number of anilines is 2. The van der Waals surface area contributed by atoms with Gasteiger partial charge in [0.15, 0.2) is 0 Å². The van der Waals surface area contributed by atoms with Gasteiger partial charge in [0.05, 0.1) is 10.2 Å². The Bertz CT molecular complexity index is 771. The summed E-state index contributed by atoms with van der Waals surface area (Å²) >= 11 is 1.23. The Morgan fingerprint density at radius 1 is 1.39 bits per heavy atom. The Morgan fingerprint density at radius 2 is 2.22 bits per heavy atom. The number of hydrogen-bond acceptors (Lipinski definition) is 6. The maximum Gasteiger partial charge on any atom is 0.320 e. The molecule has 2 aromatic heterocycles. The summed E-state index contributed by atoms with van der Waals surface area (Å²) in [7, 11) is 1.75. The quantitative estimate of drug-likeness (QED) is 0.765. The van der Waals surface area contributed by atoms with E-state index in [1.807, 2.05) is 18.2 Å². The Labute approximate surface area is 106 Å². The third-order valence-electron chi connectivity index (χ3n) is 2.57. The topological polar surface area (TPSA) is 73.0 Å². The van der Waals surface area contributed by atoms with Crippen molar-refractivity contribution in [2.45, 2.75) is 6.92 Å². The van der Waals surface area contributed by atoms with Gasteiger partial charge in [-0.15, -0.1) is 5.10 Å². The lowest BCUT2D eigenvalue weighted by molar-refractivity contribution is 0.535. The molecule has 0 saturated heterocycles. The highest BCUT2D eigenvalue weighted by Gasteiger charge is 2.07. The van der Waals surface area contributed by atoms with Gasteiger partial charge in [0.25, 0.3) is 0 Å². The first-order valence-electron chi connectivity index (χ1n) is 5.30. The molecule has 18 heavy (non-hydrogen) atoms. The second kappa shape index (κ2) is 3.95. The van der Waals surface area contributed by atoms with E-state index in [1.54, 1.807) is 18.5 Å². The average molecular weight is 262 g/mol. The van der Waals surface area contributed by atoms with Crippen molar-refractivity contribution in [2.75, 3.05) is 5.32 Å². The van der Waals surface area contributed by atoms with E-state index in [4.69, 9.17) is 4.42 Å². The summed E-state index contributed by atoms with van der Waals surface area (Å²) in [5, 5.41) is 10.6. The molecule has 1 N–H and O–H groups in total. The van der Waals surface area contributed by atoms with Crippen molar-refractivity contribution in [3.63, 3.8) is 0 Å². The number of fused-ring (bicyclic) bond motifs is 1. The zero-order valence-corrected chi connectivity index (χ0v) is 10.6. The van der Waals surface area contributed by atoms with E-state index in [1.165, 1.54) is 11.3 Å². The minimum absolute atomic E-state index is 0.0239. The highest BCUT2D eigenvalue weighted by molar-refractivity contribution is 7.16.